The summed E-state index contributed by atoms with van der Waals surface area (Å²) >= 11 is 7.85. The Labute approximate surface area is 141 Å². The molecule has 114 valence electrons. The lowest BCUT2D eigenvalue weighted by Crippen LogP contribution is -1.91. The van der Waals surface area contributed by atoms with Crippen molar-refractivity contribution >= 4 is 39.4 Å². The molecule has 0 spiro atoms. The Morgan fingerprint density at radius 3 is 3.04 bits per heavy atom. The monoisotopic (exact) mass is 341 g/mol. The maximum Gasteiger partial charge on any atom is 0.156 e. The molecule has 0 radical (unpaired) electrons. The number of hydrogen-bond acceptors (Lipinski definition) is 5. The molecular weight excluding hydrogens is 330 g/mol. The first-order valence-corrected chi connectivity index (χ1v) is 8.23. The van der Waals surface area contributed by atoms with Gasteiger partial charge in [0.25, 0.3) is 0 Å². The summed E-state index contributed by atoms with van der Waals surface area (Å²) in [5, 5.41) is 6.99. The highest BCUT2D eigenvalue weighted by Gasteiger charge is 2.14. The molecule has 0 atom stereocenters. The second-order valence-corrected chi connectivity index (χ2v) is 6.33. The van der Waals surface area contributed by atoms with Crippen molar-refractivity contribution in [1.82, 2.24) is 19.4 Å². The Morgan fingerprint density at radius 1 is 1.30 bits per heavy atom. The summed E-state index contributed by atoms with van der Waals surface area (Å²) in [5.41, 5.74) is 3.86. The molecule has 0 unspecified atom stereocenters. The highest BCUT2D eigenvalue weighted by molar-refractivity contribution is 7.14. The predicted molar refractivity (Wildman–Crippen MR) is 93.6 cm³/mol. The van der Waals surface area contributed by atoms with Crippen molar-refractivity contribution in [2.24, 2.45) is 0 Å². The normalized spacial score (nSPS) is 11.0. The van der Waals surface area contributed by atoms with Crippen LogP contribution in [0.3, 0.4) is 0 Å². The quantitative estimate of drug-likeness (QED) is 0.593. The van der Waals surface area contributed by atoms with Gasteiger partial charge in [-0.2, -0.15) is 0 Å². The average molecular weight is 342 g/mol. The second kappa shape index (κ2) is 5.64. The Bertz CT molecular complexity index is 977. The third-order valence-electron chi connectivity index (χ3n) is 3.46. The molecule has 0 amide bonds. The number of pyridine rings is 1. The Balaban J connectivity index is 1.75. The van der Waals surface area contributed by atoms with E-state index in [2.05, 4.69) is 31.7 Å². The molecular formula is C16H12ClN5S. The van der Waals surface area contributed by atoms with E-state index in [1.807, 2.05) is 29.7 Å². The molecule has 0 aliphatic rings. The zero-order valence-corrected chi connectivity index (χ0v) is 13.8. The third-order valence-corrected chi connectivity index (χ3v) is 4.60. The van der Waals surface area contributed by atoms with Crippen LogP contribution in [0.25, 0.3) is 16.9 Å². The number of aromatic nitrogens is 4. The van der Waals surface area contributed by atoms with Gasteiger partial charge in [-0.25, -0.2) is 9.97 Å². The van der Waals surface area contributed by atoms with Gasteiger partial charge in [-0.15, -0.1) is 11.3 Å². The zero-order chi connectivity index (χ0) is 15.8. The van der Waals surface area contributed by atoms with Crippen LogP contribution in [0.2, 0.25) is 5.02 Å². The number of hydrogen-bond donors (Lipinski definition) is 1. The molecule has 0 aliphatic carbocycles. The molecule has 0 fully saturated rings. The van der Waals surface area contributed by atoms with Crippen LogP contribution in [0.1, 0.15) is 5.69 Å². The SMILES string of the molecule is Cc1nc2c(Cl)cccn2c1-c1csc(Nc2cnccn2)c1. The molecule has 0 bridgehead atoms. The minimum Gasteiger partial charge on any atom is -0.331 e. The lowest BCUT2D eigenvalue weighted by Gasteiger charge is -2.02. The topological polar surface area (TPSA) is 55.1 Å². The number of aryl methyl sites for hydroxylation is 1. The number of rotatable bonds is 3. The first-order valence-electron chi connectivity index (χ1n) is 6.97. The van der Waals surface area contributed by atoms with Gasteiger partial charge in [0.15, 0.2) is 5.65 Å². The summed E-state index contributed by atoms with van der Waals surface area (Å²) in [7, 11) is 0. The highest BCUT2D eigenvalue weighted by Crippen LogP contribution is 2.33. The van der Waals surface area contributed by atoms with E-state index < -0.39 is 0 Å². The average Bonchev–Trinajstić information content (AvgIpc) is 3.13. The number of anilines is 2. The van der Waals surface area contributed by atoms with Gasteiger partial charge < -0.3 is 5.32 Å². The van der Waals surface area contributed by atoms with Crippen molar-refractivity contribution in [1.29, 1.82) is 0 Å². The van der Waals surface area contributed by atoms with E-state index >= 15 is 0 Å². The van der Waals surface area contributed by atoms with Crippen LogP contribution in [-0.4, -0.2) is 19.4 Å². The third kappa shape index (κ3) is 2.56. The van der Waals surface area contributed by atoms with E-state index in [9.17, 15) is 0 Å². The number of nitrogens with zero attached hydrogens (tertiary/aromatic N) is 4. The van der Waals surface area contributed by atoms with Gasteiger partial charge in [0.2, 0.25) is 0 Å². The van der Waals surface area contributed by atoms with Gasteiger partial charge in [0, 0.05) is 29.5 Å². The molecule has 0 saturated heterocycles. The standard InChI is InChI=1S/C16H12ClN5S/c1-10-15(22-6-2-3-12(17)16(22)20-10)11-7-14(23-9-11)21-13-8-18-4-5-19-13/h2-9H,1H3,(H,19,21). The van der Waals surface area contributed by atoms with Crippen LogP contribution in [0.15, 0.2) is 48.4 Å². The van der Waals surface area contributed by atoms with Gasteiger partial charge in [0.1, 0.15) is 5.82 Å². The van der Waals surface area contributed by atoms with Crippen molar-refractivity contribution in [3.63, 3.8) is 0 Å². The summed E-state index contributed by atoms with van der Waals surface area (Å²) in [6.45, 7) is 1.99. The van der Waals surface area contributed by atoms with E-state index in [0.29, 0.717) is 5.02 Å². The smallest absolute Gasteiger partial charge is 0.156 e. The van der Waals surface area contributed by atoms with Crippen molar-refractivity contribution in [3.05, 3.63) is 59.1 Å². The molecule has 5 nitrogen and oxygen atoms in total. The first-order chi connectivity index (χ1) is 11.2. The van der Waals surface area contributed by atoms with Crippen molar-refractivity contribution in [2.75, 3.05) is 5.32 Å². The van der Waals surface area contributed by atoms with Gasteiger partial charge in [-0.05, 0) is 25.1 Å². The van der Waals surface area contributed by atoms with Crippen LogP contribution in [0.4, 0.5) is 10.8 Å². The molecule has 0 aromatic carbocycles. The van der Waals surface area contributed by atoms with Gasteiger partial charge >= 0.3 is 0 Å². The van der Waals surface area contributed by atoms with Gasteiger partial charge in [-0.1, -0.05) is 11.6 Å². The molecule has 4 rings (SSSR count). The molecule has 0 saturated carbocycles. The van der Waals surface area contributed by atoms with Gasteiger partial charge in [0.05, 0.1) is 27.6 Å². The summed E-state index contributed by atoms with van der Waals surface area (Å²) in [6.07, 6.45) is 6.98. The highest BCUT2D eigenvalue weighted by atomic mass is 35.5. The number of imidazole rings is 1. The van der Waals surface area contributed by atoms with Crippen molar-refractivity contribution in [2.45, 2.75) is 6.92 Å². The largest absolute Gasteiger partial charge is 0.331 e. The number of nitrogens with one attached hydrogen (secondary N) is 1. The van der Waals surface area contributed by atoms with Crippen LogP contribution < -0.4 is 5.32 Å². The second-order valence-electron chi connectivity index (χ2n) is 5.01. The molecule has 23 heavy (non-hydrogen) atoms. The molecule has 7 heteroatoms. The van der Waals surface area contributed by atoms with Crippen LogP contribution in [0.5, 0.6) is 0 Å². The maximum atomic E-state index is 6.23. The summed E-state index contributed by atoms with van der Waals surface area (Å²) < 4.78 is 2.02. The molecule has 4 aromatic rings. The van der Waals surface area contributed by atoms with Crippen LogP contribution in [-0.2, 0) is 0 Å². The lowest BCUT2D eigenvalue weighted by molar-refractivity contribution is 1.19. The van der Waals surface area contributed by atoms with E-state index in [4.69, 9.17) is 11.6 Å². The van der Waals surface area contributed by atoms with Crippen molar-refractivity contribution in [3.8, 4) is 11.3 Å². The maximum absolute atomic E-state index is 6.23. The summed E-state index contributed by atoms with van der Waals surface area (Å²) in [4.78, 5) is 12.9. The number of fused-ring (bicyclic) bond motifs is 1. The Kier molecular flexibility index (Phi) is 3.48. The molecule has 4 heterocycles. The number of thiophene rings is 1. The Hall–Kier alpha value is -2.44. The van der Waals surface area contributed by atoms with E-state index in [1.165, 1.54) is 0 Å². The molecule has 4 aromatic heterocycles. The molecule has 1 N–H and O–H groups in total. The zero-order valence-electron chi connectivity index (χ0n) is 12.2. The van der Waals surface area contributed by atoms with E-state index in [1.54, 1.807) is 29.9 Å². The minimum absolute atomic E-state index is 0.648. The lowest BCUT2D eigenvalue weighted by atomic mass is 10.2. The number of halogens is 1. The fourth-order valence-electron chi connectivity index (χ4n) is 2.51. The Morgan fingerprint density at radius 2 is 2.22 bits per heavy atom. The molecule has 0 aliphatic heterocycles. The van der Waals surface area contributed by atoms with Crippen LogP contribution >= 0.6 is 22.9 Å². The first kappa shape index (κ1) is 14.2. The van der Waals surface area contributed by atoms with E-state index in [-0.39, 0.29) is 0 Å². The summed E-state index contributed by atoms with van der Waals surface area (Å²) in [6, 6.07) is 5.85. The fraction of sp³-hybridized carbons (Fsp3) is 0.0625. The fourth-order valence-corrected chi connectivity index (χ4v) is 3.51. The predicted octanol–water partition coefficient (Wildman–Crippen LogP) is 4.56. The summed E-state index contributed by atoms with van der Waals surface area (Å²) in [5.74, 6) is 0.721. The minimum atomic E-state index is 0.648. The van der Waals surface area contributed by atoms with Gasteiger partial charge in [-0.3, -0.25) is 9.38 Å². The van der Waals surface area contributed by atoms with Crippen LogP contribution in [0, 0.1) is 6.92 Å². The van der Waals surface area contributed by atoms with Crippen molar-refractivity contribution < 1.29 is 0 Å². The van der Waals surface area contributed by atoms with E-state index in [0.717, 1.165) is 33.4 Å².